The molecule has 1 aliphatic carbocycles. The third-order valence-electron chi connectivity index (χ3n) is 7.68. The lowest BCUT2D eigenvalue weighted by molar-refractivity contribution is -0.130. The van der Waals surface area contributed by atoms with Crippen LogP contribution in [0.5, 0.6) is 5.75 Å². The first-order valence-electron chi connectivity index (χ1n) is 11.8. The molecule has 1 fully saturated rings. The Morgan fingerprint density at radius 3 is 2.62 bits per heavy atom. The van der Waals surface area contributed by atoms with E-state index in [-0.39, 0.29) is 46.7 Å². The van der Waals surface area contributed by atoms with Gasteiger partial charge in [0.2, 0.25) is 11.8 Å². The molecule has 7 nitrogen and oxygen atoms in total. The van der Waals surface area contributed by atoms with Crippen LogP contribution in [0.4, 0.5) is 0 Å². The standard InChI is InChI=1S/C25H36N4O3/c1-6-25(7-2)13-20(30)29(23(26)28-25)14-17-15(3)21(17)22(31)27-18-12-24(4,5)32-19-11-9-8-10-16(18)19/h8-11,15,17-18,21H,6-7,12-14H2,1-5H3,(H2,26,28)(H,27,31)/t15?,17-,18-,21-/m0/s1. The molecule has 7 heteroatoms. The van der Waals surface area contributed by atoms with Crippen molar-refractivity contribution in [3.63, 3.8) is 0 Å². The van der Waals surface area contributed by atoms with Crippen molar-refractivity contribution < 1.29 is 14.3 Å². The van der Waals surface area contributed by atoms with Crippen molar-refractivity contribution in [2.75, 3.05) is 6.54 Å². The van der Waals surface area contributed by atoms with E-state index in [4.69, 9.17) is 10.5 Å². The van der Waals surface area contributed by atoms with Crippen molar-refractivity contribution in [3.05, 3.63) is 29.8 Å². The zero-order valence-corrected chi connectivity index (χ0v) is 19.9. The number of hydrogen-bond acceptors (Lipinski definition) is 5. The lowest BCUT2D eigenvalue weighted by Crippen LogP contribution is -2.52. The first kappa shape index (κ1) is 22.6. The first-order chi connectivity index (χ1) is 15.1. The number of fused-ring (bicyclic) bond motifs is 1. The Kier molecular flexibility index (Phi) is 5.72. The van der Waals surface area contributed by atoms with Crippen molar-refractivity contribution in [1.82, 2.24) is 10.2 Å². The maximum absolute atomic E-state index is 13.2. The molecule has 0 aromatic heterocycles. The summed E-state index contributed by atoms with van der Waals surface area (Å²) < 4.78 is 6.09. The largest absolute Gasteiger partial charge is 0.487 e. The van der Waals surface area contributed by atoms with Crippen LogP contribution in [-0.2, 0) is 9.59 Å². The van der Waals surface area contributed by atoms with Gasteiger partial charge in [-0.05, 0) is 44.6 Å². The van der Waals surface area contributed by atoms with E-state index in [1.165, 1.54) is 0 Å². The van der Waals surface area contributed by atoms with Gasteiger partial charge in [-0.25, -0.2) is 4.99 Å². The minimum absolute atomic E-state index is 0.0135. The van der Waals surface area contributed by atoms with Crippen molar-refractivity contribution in [3.8, 4) is 5.75 Å². The molecule has 4 rings (SSSR count). The number of nitrogens with zero attached hydrogens (tertiary/aromatic N) is 2. The fourth-order valence-electron chi connectivity index (χ4n) is 5.37. The molecule has 1 saturated carbocycles. The van der Waals surface area contributed by atoms with Crippen LogP contribution in [-0.4, -0.2) is 40.4 Å². The number of benzene rings is 1. The van der Waals surface area contributed by atoms with E-state index in [0.29, 0.717) is 25.3 Å². The zero-order valence-electron chi connectivity index (χ0n) is 19.9. The quantitative estimate of drug-likeness (QED) is 0.708. The molecular formula is C25H36N4O3. The molecule has 32 heavy (non-hydrogen) atoms. The molecule has 0 spiro atoms. The lowest BCUT2D eigenvalue weighted by Gasteiger charge is -2.38. The number of carbonyl (C=O) groups excluding carboxylic acids is 2. The summed E-state index contributed by atoms with van der Waals surface area (Å²) in [5.74, 6) is 1.33. The monoisotopic (exact) mass is 440 g/mol. The Balaban J connectivity index is 1.44. The Morgan fingerprint density at radius 2 is 1.97 bits per heavy atom. The first-order valence-corrected chi connectivity index (χ1v) is 11.8. The fraction of sp³-hybridized carbons (Fsp3) is 0.640. The Morgan fingerprint density at radius 1 is 1.28 bits per heavy atom. The van der Waals surface area contributed by atoms with Crippen LogP contribution in [0.1, 0.15) is 71.9 Å². The van der Waals surface area contributed by atoms with E-state index in [2.05, 4.69) is 17.2 Å². The molecule has 0 saturated heterocycles. The van der Waals surface area contributed by atoms with E-state index in [1.807, 2.05) is 52.0 Å². The van der Waals surface area contributed by atoms with Crippen LogP contribution in [0, 0.1) is 17.8 Å². The van der Waals surface area contributed by atoms with Gasteiger partial charge in [-0.3, -0.25) is 14.5 Å². The van der Waals surface area contributed by atoms with Crippen molar-refractivity contribution >= 4 is 17.8 Å². The van der Waals surface area contributed by atoms with Gasteiger partial charge in [0, 0.05) is 24.4 Å². The molecule has 3 aliphatic rings. The van der Waals surface area contributed by atoms with Gasteiger partial charge >= 0.3 is 0 Å². The normalized spacial score (nSPS) is 30.1. The highest BCUT2D eigenvalue weighted by molar-refractivity contribution is 5.99. The highest BCUT2D eigenvalue weighted by Gasteiger charge is 2.54. The van der Waals surface area contributed by atoms with Crippen LogP contribution in [0.3, 0.4) is 0 Å². The summed E-state index contributed by atoms with van der Waals surface area (Å²) in [5.41, 5.74) is 6.50. The number of para-hydroxylation sites is 1. The summed E-state index contributed by atoms with van der Waals surface area (Å²) in [6.45, 7) is 10.7. The molecular weight excluding hydrogens is 404 g/mol. The van der Waals surface area contributed by atoms with Gasteiger partial charge in [0.05, 0.1) is 18.0 Å². The van der Waals surface area contributed by atoms with E-state index < -0.39 is 0 Å². The Bertz CT molecular complexity index is 937. The van der Waals surface area contributed by atoms with Crippen LogP contribution >= 0.6 is 0 Å². The minimum atomic E-state index is -0.382. The lowest BCUT2D eigenvalue weighted by atomic mass is 9.88. The number of ether oxygens (including phenoxy) is 1. The third kappa shape index (κ3) is 4.09. The molecule has 2 aliphatic heterocycles. The van der Waals surface area contributed by atoms with Gasteiger partial charge in [-0.1, -0.05) is 39.0 Å². The average Bonchev–Trinajstić information content (AvgIpc) is 3.38. The van der Waals surface area contributed by atoms with E-state index in [1.54, 1.807) is 4.90 Å². The number of nitrogens with one attached hydrogen (secondary N) is 1. The predicted molar refractivity (Wildman–Crippen MR) is 124 cm³/mol. The molecule has 1 aromatic rings. The molecule has 4 atom stereocenters. The maximum Gasteiger partial charge on any atom is 0.231 e. The number of hydrogen-bond donors (Lipinski definition) is 2. The van der Waals surface area contributed by atoms with Crippen LogP contribution in [0.2, 0.25) is 0 Å². The second-order valence-electron chi connectivity index (χ2n) is 10.3. The second-order valence-corrected chi connectivity index (χ2v) is 10.3. The summed E-state index contributed by atoms with van der Waals surface area (Å²) >= 11 is 0. The molecule has 1 unspecified atom stereocenters. The van der Waals surface area contributed by atoms with Crippen LogP contribution in [0.15, 0.2) is 29.3 Å². The van der Waals surface area contributed by atoms with Crippen LogP contribution in [0.25, 0.3) is 0 Å². The van der Waals surface area contributed by atoms with Crippen molar-refractivity contribution in [2.45, 2.75) is 77.5 Å². The average molecular weight is 441 g/mol. The minimum Gasteiger partial charge on any atom is -0.487 e. The van der Waals surface area contributed by atoms with E-state index in [0.717, 1.165) is 24.2 Å². The SMILES string of the molecule is CCC1(CC)CC(=O)N(C[C@H]2C(C)[C@@H]2C(=O)N[C@H]2CC(C)(C)Oc3ccccc32)C(N)=N1. The maximum atomic E-state index is 13.2. The number of aliphatic imine (C=N–C) groups is 1. The summed E-state index contributed by atoms with van der Waals surface area (Å²) in [5, 5.41) is 3.26. The van der Waals surface area contributed by atoms with Crippen LogP contribution < -0.4 is 15.8 Å². The molecule has 1 aromatic carbocycles. The number of carbonyl (C=O) groups is 2. The second kappa shape index (κ2) is 8.09. The molecule has 3 N–H and O–H groups in total. The Labute approximate surface area is 190 Å². The van der Waals surface area contributed by atoms with Gasteiger partial charge in [-0.15, -0.1) is 0 Å². The van der Waals surface area contributed by atoms with Gasteiger partial charge in [-0.2, -0.15) is 0 Å². The summed E-state index contributed by atoms with van der Waals surface area (Å²) in [6.07, 6.45) is 2.67. The van der Waals surface area contributed by atoms with Crippen molar-refractivity contribution in [1.29, 1.82) is 0 Å². The third-order valence-corrected chi connectivity index (χ3v) is 7.68. The van der Waals surface area contributed by atoms with E-state index >= 15 is 0 Å². The van der Waals surface area contributed by atoms with Gasteiger partial charge < -0.3 is 15.8 Å². The number of amides is 2. The van der Waals surface area contributed by atoms with Gasteiger partial charge in [0.1, 0.15) is 11.4 Å². The van der Waals surface area contributed by atoms with Gasteiger partial charge in [0.25, 0.3) is 0 Å². The topological polar surface area (TPSA) is 97.0 Å². The summed E-state index contributed by atoms with van der Waals surface area (Å²) in [4.78, 5) is 32.3. The predicted octanol–water partition coefficient (Wildman–Crippen LogP) is 3.39. The number of nitrogens with two attached hydrogens (primary N) is 1. The zero-order chi connectivity index (χ0) is 23.3. The molecule has 0 bridgehead atoms. The summed E-state index contributed by atoms with van der Waals surface area (Å²) in [6, 6.07) is 7.80. The number of rotatable bonds is 6. The highest BCUT2D eigenvalue weighted by atomic mass is 16.5. The molecule has 174 valence electrons. The molecule has 0 radical (unpaired) electrons. The van der Waals surface area contributed by atoms with Gasteiger partial charge in [0.15, 0.2) is 5.96 Å². The highest BCUT2D eigenvalue weighted by Crippen LogP contribution is 2.48. The fourth-order valence-corrected chi connectivity index (χ4v) is 5.37. The van der Waals surface area contributed by atoms with Crippen molar-refractivity contribution in [2.24, 2.45) is 28.5 Å². The number of guanidine groups is 1. The summed E-state index contributed by atoms with van der Waals surface area (Å²) in [7, 11) is 0. The molecule has 2 heterocycles. The smallest absolute Gasteiger partial charge is 0.231 e. The molecule has 2 amide bonds. The van der Waals surface area contributed by atoms with E-state index in [9.17, 15) is 9.59 Å². The Hall–Kier alpha value is -2.57.